The monoisotopic (exact) mass is 469 g/mol. The van der Waals surface area contributed by atoms with Crippen LogP contribution in [0.25, 0.3) is 17.4 Å². The minimum absolute atomic E-state index is 0.163. The van der Waals surface area contributed by atoms with E-state index in [1.54, 1.807) is 49.5 Å². The van der Waals surface area contributed by atoms with E-state index >= 15 is 0 Å². The second kappa shape index (κ2) is 9.58. The molecule has 1 saturated heterocycles. The van der Waals surface area contributed by atoms with Gasteiger partial charge in [-0.15, -0.1) is 0 Å². The molecule has 0 spiro atoms. The van der Waals surface area contributed by atoms with Crippen molar-refractivity contribution >= 4 is 40.3 Å². The average Bonchev–Trinajstić information content (AvgIpc) is 3.36. The highest BCUT2D eigenvalue weighted by Crippen LogP contribution is 2.34. The molecule has 1 aliphatic rings. The van der Waals surface area contributed by atoms with Crippen LogP contribution in [0, 0.1) is 5.82 Å². The van der Waals surface area contributed by atoms with Crippen molar-refractivity contribution < 1.29 is 23.1 Å². The molecule has 2 heterocycles. The molecule has 4 rings (SSSR count). The summed E-state index contributed by atoms with van der Waals surface area (Å²) in [6.45, 7) is 0.449. The number of furan rings is 1. The quantitative estimate of drug-likeness (QED) is 0.334. The maximum atomic E-state index is 13.5. The highest BCUT2D eigenvalue weighted by Gasteiger charge is 2.32. The lowest BCUT2D eigenvalue weighted by Gasteiger charge is -2.15. The fourth-order valence-electron chi connectivity index (χ4n) is 3.33. The molecule has 0 bridgehead atoms. The molecule has 32 heavy (non-hydrogen) atoms. The van der Waals surface area contributed by atoms with E-state index in [4.69, 9.17) is 26.1 Å². The lowest BCUT2D eigenvalue weighted by molar-refractivity contribution is -0.122. The van der Waals surface area contributed by atoms with E-state index in [0.29, 0.717) is 50.8 Å². The number of hydrogen-bond donors (Lipinski definition) is 0. The molecule has 5 nitrogen and oxygen atoms in total. The zero-order valence-electron chi connectivity index (χ0n) is 17.5. The Morgan fingerprint density at radius 2 is 1.91 bits per heavy atom. The lowest BCUT2D eigenvalue weighted by Crippen LogP contribution is -2.30. The van der Waals surface area contributed by atoms with Crippen LogP contribution in [0.4, 0.5) is 4.39 Å². The molecule has 0 aliphatic carbocycles. The minimum atomic E-state index is -0.337. The Hall–Kier alpha value is -3.10. The first-order chi connectivity index (χ1) is 15.5. The SMILES string of the molecule is COc1ccc(CCN2C(=O)C(=Cc3ccc(-c4cccc(F)c4)o3)SC2=S)cc1OC. The van der Waals surface area contributed by atoms with Crippen LogP contribution in [0.15, 0.2) is 63.9 Å². The van der Waals surface area contributed by atoms with Crippen molar-refractivity contribution in [1.82, 2.24) is 4.90 Å². The molecule has 1 amide bonds. The molecule has 0 radical (unpaired) electrons. The highest BCUT2D eigenvalue weighted by molar-refractivity contribution is 8.26. The summed E-state index contributed by atoms with van der Waals surface area (Å²) in [6, 6.07) is 15.3. The number of nitrogens with zero attached hydrogens (tertiary/aromatic N) is 1. The maximum Gasteiger partial charge on any atom is 0.266 e. The number of carbonyl (C=O) groups excluding carboxylic acids is 1. The van der Waals surface area contributed by atoms with Gasteiger partial charge in [-0.1, -0.05) is 42.2 Å². The van der Waals surface area contributed by atoms with Crippen LogP contribution in [-0.2, 0) is 11.2 Å². The minimum Gasteiger partial charge on any atom is -0.493 e. The van der Waals surface area contributed by atoms with E-state index in [0.717, 1.165) is 5.56 Å². The number of carbonyl (C=O) groups is 1. The number of benzene rings is 2. The molecule has 1 aliphatic heterocycles. The molecule has 0 N–H and O–H groups in total. The van der Waals surface area contributed by atoms with Gasteiger partial charge in [-0.3, -0.25) is 9.69 Å². The van der Waals surface area contributed by atoms with E-state index in [9.17, 15) is 9.18 Å². The van der Waals surface area contributed by atoms with Crippen molar-refractivity contribution in [2.45, 2.75) is 6.42 Å². The third-order valence-corrected chi connectivity index (χ3v) is 6.33. The molecule has 0 unspecified atom stereocenters. The van der Waals surface area contributed by atoms with Crippen LogP contribution in [0.1, 0.15) is 11.3 Å². The molecule has 8 heteroatoms. The van der Waals surface area contributed by atoms with Gasteiger partial charge in [0, 0.05) is 18.2 Å². The van der Waals surface area contributed by atoms with Crippen LogP contribution in [0.2, 0.25) is 0 Å². The molecular weight excluding hydrogens is 449 g/mol. The van der Waals surface area contributed by atoms with Crippen LogP contribution in [0.5, 0.6) is 11.5 Å². The van der Waals surface area contributed by atoms with Gasteiger partial charge in [0.25, 0.3) is 5.91 Å². The van der Waals surface area contributed by atoms with E-state index in [1.165, 1.54) is 23.9 Å². The Labute approximate surface area is 194 Å². The van der Waals surface area contributed by atoms with Crippen LogP contribution >= 0.6 is 24.0 Å². The predicted octanol–water partition coefficient (Wildman–Crippen LogP) is 5.55. The van der Waals surface area contributed by atoms with Crippen molar-refractivity contribution in [3.8, 4) is 22.8 Å². The summed E-state index contributed by atoms with van der Waals surface area (Å²) < 4.78 is 30.4. The fraction of sp³-hybridized carbons (Fsp3) is 0.167. The summed E-state index contributed by atoms with van der Waals surface area (Å²) in [5.41, 5.74) is 1.64. The summed E-state index contributed by atoms with van der Waals surface area (Å²) in [7, 11) is 3.17. The lowest BCUT2D eigenvalue weighted by atomic mass is 10.1. The van der Waals surface area contributed by atoms with Gasteiger partial charge in [0.2, 0.25) is 0 Å². The molecule has 2 aromatic carbocycles. The second-order valence-corrected chi connectivity index (χ2v) is 8.66. The van der Waals surface area contributed by atoms with Crippen LogP contribution in [0.3, 0.4) is 0 Å². The topological polar surface area (TPSA) is 51.9 Å². The largest absolute Gasteiger partial charge is 0.493 e. The summed E-state index contributed by atoms with van der Waals surface area (Å²) in [5, 5.41) is 0. The first-order valence-electron chi connectivity index (χ1n) is 9.80. The number of thiocarbonyl (C=S) groups is 1. The summed E-state index contributed by atoms with van der Waals surface area (Å²) in [4.78, 5) is 15.0. The maximum absolute atomic E-state index is 13.5. The summed E-state index contributed by atoms with van der Waals surface area (Å²) in [5.74, 6) is 1.83. The van der Waals surface area contributed by atoms with Gasteiger partial charge in [0.1, 0.15) is 21.7 Å². The molecule has 164 valence electrons. The number of hydrogen-bond acceptors (Lipinski definition) is 6. The van der Waals surface area contributed by atoms with Crippen LogP contribution in [-0.4, -0.2) is 35.9 Å². The molecule has 0 saturated carbocycles. The van der Waals surface area contributed by atoms with E-state index in [-0.39, 0.29) is 11.7 Å². The molecular formula is C24H20FNO4S2. The average molecular weight is 470 g/mol. The second-order valence-electron chi connectivity index (χ2n) is 6.99. The smallest absolute Gasteiger partial charge is 0.266 e. The Kier molecular flexibility index (Phi) is 6.62. The van der Waals surface area contributed by atoms with E-state index < -0.39 is 0 Å². The third kappa shape index (κ3) is 4.71. The number of halogens is 1. The molecule has 1 fully saturated rings. The van der Waals surface area contributed by atoms with Gasteiger partial charge >= 0.3 is 0 Å². The van der Waals surface area contributed by atoms with Gasteiger partial charge in [-0.25, -0.2) is 4.39 Å². The summed E-state index contributed by atoms with van der Waals surface area (Å²) >= 11 is 6.66. The predicted molar refractivity (Wildman–Crippen MR) is 127 cm³/mol. The van der Waals surface area contributed by atoms with Crippen molar-refractivity contribution in [2.75, 3.05) is 20.8 Å². The fourth-order valence-corrected chi connectivity index (χ4v) is 4.61. The van der Waals surface area contributed by atoms with Crippen LogP contribution < -0.4 is 9.47 Å². The van der Waals surface area contributed by atoms with Gasteiger partial charge in [0.15, 0.2) is 11.5 Å². The first-order valence-corrected chi connectivity index (χ1v) is 11.0. The van der Waals surface area contributed by atoms with E-state index in [1.807, 2.05) is 18.2 Å². The number of thioether (sulfide) groups is 1. The number of ether oxygens (including phenoxy) is 2. The Balaban J connectivity index is 1.45. The van der Waals surface area contributed by atoms with Gasteiger partial charge in [-0.05, 0) is 48.4 Å². The van der Waals surface area contributed by atoms with E-state index in [2.05, 4.69) is 0 Å². The Bertz CT molecular complexity index is 1200. The standard InChI is InChI=1S/C24H20FNO4S2/c1-28-20-8-6-15(12-21(20)29-2)10-11-26-23(27)22(32-24(26)31)14-18-7-9-19(30-18)16-4-3-5-17(25)13-16/h3-9,12-14H,10-11H2,1-2H3. The zero-order chi connectivity index (χ0) is 22.7. The van der Waals surface area contributed by atoms with Crippen molar-refractivity contribution in [1.29, 1.82) is 0 Å². The molecule has 3 aromatic rings. The number of methoxy groups -OCH3 is 2. The number of amides is 1. The number of rotatable bonds is 7. The summed E-state index contributed by atoms with van der Waals surface area (Å²) in [6.07, 6.45) is 2.28. The molecule has 0 atom stereocenters. The highest BCUT2D eigenvalue weighted by atomic mass is 32.2. The molecule has 1 aromatic heterocycles. The van der Waals surface area contributed by atoms with Crippen molar-refractivity contribution in [3.05, 3.63) is 76.6 Å². The van der Waals surface area contributed by atoms with Gasteiger partial charge < -0.3 is 13.9 Å². The Morgan fingerprint density at radius 1 is 1.09 bits per heavy atom. The zero-order valence-corrected chi connectivity index (χ0v) is 19.1. The van der Waals surface area contributed by atoms with Crippen molar-refractivity contribution in [3.63, 3.8) is 0 Å². The normalized spacial score (nSPS) is 15.0. The van der Waals surface area contributed by atoms with Gasteiger partial charge in [0.05, 0.1) is 19.1 Å². The third-order valence-electron chi connectivity index (χ3n) is 4.95. The van der Waals surface area contributed by atoms with Crippen molar-refractivity contribution in [2.24, 2.45) is 0 Å². The Morgan fingerprint density at radius 3 is 2.66 bits per heavy atom. The van der Waals surface area contributed by atoms with Gasteiger partial charge in [-0.2, -0.15) is 0 Å². The first kappa shape index (κ1) is 22.1.